The molecule has 4 nitrogen and oxygen atoms in total. The van der Waals surface area contributed by atoms with Gasteiger partial charge >= 0.3 is 6.42 Å². The Bertz CT molecular complexity index is 139. The third-order valence-corrected chi connectivity index (χ3v) is 0.318. The monoisotopic (exact) mass is 116 g/mol. The number of rotatable bonds is 2. The SMILES string of the molecule is O=C=NC(F)N=C=O. The molecule has 42 valence electrons. The van der Waals surface area contributed by atoms with Crippen molar-refractivity contribution in [2.24, 2.45) is 9.98 Å². The van der Waals surface area contributed by atoms with Crippen LogP contribution >= 0.6 is 0 Å². The average molecular weight is 116 g/mol. The molecule has 8 heavy (non-hydrogen) atoms. The Hall–Kier alpha value is -1.31. The number of aliphatic imine (C=N–C) groups is 2. The van der Waals surface area contributed by atoms with Gasteiger partial charge in [0.25, 0.3) is 0 Å². The van der Waals surface area contributed by atoms with E-state index in [1.54, 1.807) is 0 Å². The molecular formula is C3HFN2O2. The molecule has 0 bridgehead atoms. The lowest BCUT2D eigenvalue weighted by Crippen LogP contribution is -1.85. The fourth-order valence-corrected chi connectivity index (χ4v) is 0.116. The fraction of sp³-hybridized carbons (Fsp3) is 0.333. The molecule has 0 heterocycles. The van der Waals surface area contributed by atoms with E-state index in [4.69, 9.17) is 9.59 Å². The zero-order chi connectivity index (χ0) is 6.41. The topological polar surface area (TPSA) is 58.9 Å². The van der Waals surface area contributed by atoms with Crippen LogP contribution in [0.1, 0.15) is 0 Å². The molecule has 0 aliphatic carbocycles. The molecule has 0 aliphatic heterocycles. The molecule has 5 heteroatoms. The van der Waals surface area contributed by atoms with Gasteiger partial charge in [-0.05, 0) is 0 Å². The minimum atomic E-state index is -2.13. The Balaban J connectivity index is 3.82. The lowest BCUT2D eigenvalue weighted by atomic mass is 11.0. The first-order valence-electron chi connectivity index (χ1n) is 1.59. The van der Waals surface area contributed by atoms with Gasteiger partial charge < -0.3 is 0 Å². The highest BCUT2D eigenvalue weighted by atomic mass is 19.1. The van der Waals surface area contributed by atoms with E-state index in [1.165, 1.54) is 0 Å². The average Bonchev–Trinajstić information content (AvgIpc) is 1.68. The lowest BCUT2D eigenvalue weighted by molar-refractivity contribution is 0.357. The molecule has 0 saturated heterocycles. The molecule has 0 amide bonds. The maximum absolute atomic E-state index is 11.5. The van der Waals surface area contributed by atoms with Crippen molar-refractivity contribution in [1.29, 1.82) is 0 Å². The van der Waals surface area contributed by atoms with Crippen molar-refractivity contribution in [3.05, 3.63) is 0 Å². The van der Waals surface area contributed by atoms with Gasteiger partial charge in [0.15, 0.2) is 0 Å². The molecule has 0 aromatic rings. The van der Waals surface area contributed by atoms with Crippen LogP contribution in [-0.4, -0.2) is 18.6 Å². The van der Waals surface area contributed by atoms with Gasteiger partial charge in [-0.2, -0.15) is 4.39 Å². The summed E-state index contributed by atoms with van der Waals surface area (Å²) in [4.78, 5) is 23.2. The van der Waals surface area contributed by atoms with Gasteiger partial charge in [-0.15, -0.1) is 9.98 Å². The van der Waals surface area contributed by atoms with Crippen LogP contribution in [0.3, 0.4) is 0 Å². The third kappa shape index (κ3) is 2.90. The second-order valence-corrected chi connectivity index (χ2v) is 0.751. The van der Waals surface area contributed by atoms with Crippen molar-refractivity contribution in [3.63, 3.8) is 0 Å². The Morgan fingerprint density at radius 3 is 1.88 bits per heavy atom. The van der Waals surface area contributed by atoms with Crippen molar-refractivity contribution >= 4 is 12.2 Å². The summed E-state index contributed by atoms with van der Waals surface area (Å²) in [5.74, 6) is 0. The predicted molar refractivity (Wildman–Crippen MR) is 21.1 cm³/mol. The van der Waals surface area contributed by atoms with E-state index < -0.39 is 6.42 Å². The zero-order valence-electron chi connectivity index (χ0n) is 3.67. The predicted octanol–water partition coefficient (Wildman–Crippen LogP) is -0.0889. The highest BCUT2D eigenvalue weighted by Crippen LogP contribution is 1.88. The summed E-state index contributed by atoms with van der Waals surface area (Å²) in [5.41, 5.74) is 0. The third-order valence-electron chi connectivity index (χ3n) is 0.318. The van der Waals surface area contributed by atoms with E-state index >= 15 is 0 Å². The van der Waals surface area contributed by atoms with Gasteiger partial charge in [-0.3, -0.25) is 0 Å². The van der Waals surface area contributed by atoms with Crippen LogP contribution in [0.5, 0.6) is 0 Å². The molecule has 0 unspecified atom stereocenters. The number of nitrogens with zero attached hydrogens (tertiary/aromatic N) is 2. The molecule has 0 rings (SSSR count). The Morgan fingerprint density at radius 2 is 1.62 bits per heavy atom. The van der Waals surface area contributed by atoms with Crippen molar-refractivity contribution in [2.45, 2.75) is 6.42 Å². The lowest BCUT2D eigenvalue weighted by Gasteiger charge is -1.79. The molecule has 0 fully saturated rings. The largest absolute Gasteiger partial charge is 0.304 e. The van der Waals surface area contributed by atoms with Gasteiger partial charge in [-0.25, -0.2) is 9.59 Å². The van der Waals surface area contributed by atoms with E-state index in [1.807, 2.05) is 0 Å². The summed E-state index contributed by atoms with van der Waals surface area (Å²) >= 11 is 0. The molecule has 0 N–H and O–H groups in total. The first-order chi connectivity index (χ1) is 3.81. The first kappa shape index (κ1) is 6.69. The van der Waals surface area contributed by atoms with Crippen molar-refractivity contribution < 1.29 is 14.0 Å². The van der Waals surface area contributed by atoms with E-state index in [0.29, 0.717) is 0 Å². The molecular weight excluding hydrogens is 115 g/mol. The van der Waals surface area contributed by atoms with Crippen LogP contribution < -0.4 is 0 Å². The van der Waals surface area contributed by atoms with E-state index in [-0.39, 0.29) is 0 Å². The van der Waals surface area contributed by atoms with Crippen molar-refractivity contribution in [2.75, 3.05) is 0 Å². The summed E-state index contributed by atoms with van der Waals surface area (Å²) in [6.07, 6.45) is -0.375. The summed E-state index contributed by atoms with van der Waals surface area (Å²) in [6.45, 7) is 0. The molecule has 0 aromatic carbocycles. The van der Waals surface area contributed by atoms with Crippen LogP contribution in [-0.2, 0) is 9.59 Å². The van der Waals surface area contributed by atoms with Crippen LogP contribution in [0.2, 0.25) is 0 Å². The van der Waals surface area contributed by atoms with Gasteiger partial charge in [0.1, 0.15) is 0 Å². The second kappa shape index (κ2) is 3.87. The maximum Gasteiger partial charge on any atom is 0.304 e. The molecule has 0 saturated carbocycles. The summed E-state index contributed by atoms with van der Waals surface area (Å²) in [7, 11) is 0. The summed E-state index contributed by atoms with van der Waals surface area (Å²) in [5, 5.41) is 0. The Morgan fingerprint density at radius 1 is 1.25 bits per heavy atom. The number of hydrogen-bond donors (Lipinski definition) is 0. The zero-order valence-corrected chi connectivity index (χ0v) is 3.67. The number of hydrogen-bond acceptors (Lipinski definition) is 4. The highest BCUT2D eigenvalue weighted by molar-refractivity contribution is 5.36. The van der Waals surface area contributed by atoms with Gasteiger partial charge in [0.05, 0.1) is 0 Å². The minimum absolute atomic E-state index is 0.880. The maximum atomic E-state index is 11.5. The van der Waals surface area contributed by atoms with E-state index in [9.17, 15) is 4.39 Å². The van der Waals surface area contributed by atoms with Crippen LogP contribution in [0, 0.1) is 0 Å². The summed E-state index contributed by atoms with van der Waals surface area (Å²) < 4.78 is 11.5. The molecule has 0 aliphatic rings. The number of alkyl halides is 1. The van der Waals surface area contributed by atoms with E-state index in [0.717, 1.165) is 12.2 Å². The van der Waals surface area contributed by atoms with Crippen molar-refractivity contribution in [3.8, 4) is 0 Å². The van der Waals surface area contributed by atoms with Gasteiger partial charge in [0.2, 0.25) is 12.2 Å². The van der Waals surface area contributed by atoms with Crippen molar-refractivity contribution in [1.82, 2.24) is 0 Å². The molecule has 0 radical (unpaired) electrons. The number of halogens is 1. The first-order valence-corrected chi connectivity index (χ1v) is 1.59. The normalized spacial score (nSPS) is 10.6. The van der Waals surface area contributed by atoms with Gasteiger partial charge in [0, 0.05) is 0 Å². The van der Waals surface area contributed by atoms with Gasteiger partial charge in [-0.1, -0.05) is 0 Å². The summed E-state index contributed by atoms with van der Waals surface area (Å²) in [6, 6.07) is 0. The van der Waals surface area contributed by atoms with Crippen LogP contribution in [0.4, 0.5) is 4.39 Å². The van der Waals surface area contributed by atoms with E-state index in [2.05, 4.69) is 9.98 Å². The smallest absolute Gasteiger partial charge is 0.211 e. The Kier molecular flexibility index (Phi) is 3.23. The minimum Gasteiger partial charge on any atom is -0.211 e. The van der Waals surface area contributed by atoms with Crippen LogP contribution in [0.25, 0.3) is 0 Å². The number of isocyanates is 2. The molecule has 0 spiro atoms. The highest BCUT2D eigenvalue weighted by Gasteiger charge is 1.93. The quantitative estimate of drug-likeness (QED) is 0.287. The van der Waals surface area contributed by atoms with Crippen LogP contribution in [0.15, 0.2) is 9.98 Å². The standard InChI is InChI=1S/C3HFN2O2/c4-3(5-1-7)6-2-8/h3H. The number of carbonyl (C=O) groups excluding carboxylic acids is 2. The molecule has 0 atom stereocenters. The molecule has 0 aromatic heterocycles. The fourth-order valence-electron chi connectivity index (χ4n) is 0.116. The Labute approximate surface area is 43.7 Å². The second-order valence-electron chi connectivity index (χ2n) is 0.751.